The molecule has 1 aromatic heterocycles. The van der Waals surface area contributed by atoms with E-state index in [1.807, 2.05) is 30.5 Å². The fourth-order valence-electron chi connectivity index (χ4n) is 1.35. The summed E-state index contributed by atoms with van der Waals surface area (Å²) in [6.07, 6.45) is 3.46. The summed E-state index contributed by atoms with van der Waals surface area (Å²) in [4.78, 5) is 4.67. The summed E-state index contributed by atoms with van der Waals surface area (Å²) in [5.74, 6) is -0.481. The Bertz CT molecular complexity index is 488. The van der Waals surface area contributed by atoms with Gasteiger partial charge in [-0.3, -0.25) is 0 Å². The number of anilines is 2. The first-order valence-electron chi connectivity index (χ1n) is 4.80. The Balaban J connectivity index is 2.20. The molecule has 2 rings (SSSR count). The number of thioether (sulfide) groups is 1. The summed E-state index contributed by atoms with van der Waals surface area (Å²) in [7, 11) is 0. The Morgan fingerprint density at radius 2 is 2.00 bits per heavy atom. The van der Waals surface area contributed by atoms with Crippen LogP contribution in [0.1, 0.15) is 0 Å². The molecule has 0 amide bonds. The lowest BCUT2D eigenvalue weighted by Crippen LogP contribution is -1.92. The summed E-state index contributed by atoms with van der Waals surface area (Å²) in [6.45, 7) is 0. The molecule has 0 aliphatic rings. The Morgan fingerprint density at radius 3 is 2.75 bits per heavy atom. The molecule has 1 aromatic carbocycles. The second kappa shape index (κ2) is 4.99. The number of halogens is 1. The second-order valence-electron chi connectivity index (χ2n) is 3.22. The van der Waals surface area contributed by atoms with Gasteiger partial charge in [-0.25, -0.2) is 4.98 Å². The van der Waals surface area contributed by atoms with Crippen LogP contribution in [0.4, 0.5) is 15.8 Å². The highest BCUT2D eigenvalue weighted by Crippen LogP contribution is 2.22. The molecule has 0 saturated carbocycles. The lowest BCUT2D eigenvalue weighted by molar-refractivity contribution is 0.584. The minimum Gasteiger partial charge on any atom is -0.355 e. The predicted octanol–water partition coefficient (Wildman–Crippen LogP) is 3.69. The molecule has 0 unspecified atom stereocenters. The van der Waals surface area contributed by atoms with Gasteiger partial charge in [0.1, 0.15) is 0 Å². The molecule has 0 radical (unpaired) electrons. The molecular weight excluding hydrogens is 223 g/mol. The van der Waals surface area contributed by atoms with Crippen LogP contribution in [-0.2, 0) is 0 Å². The average Bonchev–Trinajstić information content (AvgIpc) is 2.29. The fourth-order valence-corrected chi connectivity index (χ4v) is 1.81. The molecule has 0 spiro atoms. The predicted molar refractivity (Wildman–Crippen MR) is 65.7 cm³/mol. The van der Waals surface area contributed by atoms with Crippen LogP contribution < -0.4 is 5.32 Å². The normalized spacial score (nSPS) is 10.1. The SMILES string of the molecule is CSc1cccc(Nc2ccnc(F)c2)c1. The van der Waals surface area contributed by atoms with Crippen molar-refractivity contribution in [1.29, 1.82) is 0 Å². The maximum absolute atomic E-state index is 12.9. The highest BCUT2D eigenvalue weighted by molar-refractivity contribution is 7.98. The molecule has 0 aliphatic carbocycles. The van der Waals surface area contributed by atoms with E-state index in [0.717, 1.165) is 5.69 Å². The Labute approximate surface area is 97.9 Å². The van der Waals surface area contributed by atoms with Crippen LogP contribution in [0.15, 0.2) is 47.5 Å². The Hall–Kier alpha value is -1.55. The first kappa shape index (κ1) is 11.0. The minimum atomic E-state index is -0.481. The van der Waals surface area contributed by atoms with E-state index in [2.05, 4.69) is 10.3 Å². The van der Waals surface area contributed by atoms with Gasteiger partial charge in [0, 0.05) is 28.5 Å². The molecule has 0 bridgehead atoms. The van der Waals surface area contributed by atoms with Crippen molar-refractivity contribution in [1.82, 2.24) is 4.98 Å². The lowest BCUT2D eigenvalue weighted by Gasteiger charge is -2.07. The Morgan fingerprint density at radius 1 is 1.19 bits per heavy atom. The van der Waals surface area contributed by atoms with Crippen molar-refractivity contribution in [3.8, 4) is 0 Å². The summed E-state index contributed by atoms with van der Waals surface area (Å²) in [5.41, 5.74) is 1.64. The number of benzene rings is 1. The van der Waals surface area contributed by atoms with Gasteiger partial charge in [-0.1, -0.05) is 6.07 Å². The van der Waals surface area contributed by atoms with Crippen LogP contribution in [0.3, 0.4) is 0 Å². The molecule has 1 heterocycles. The molecule has 2 aromatic rings. The van der Waals surface area contributed by atoms with Crippen molar-refractivity contribution >= 4 is 23.1 Å². The molecule has 2 nitrogen and oxygen atoms in total. The monoisotopic (exact) mass is 234 g/mol. The van der Waals surface area contributed by atoms with Crippen LogP contribution in [0.5, 0.6) is 0 Å². The largest absolute Gasteiger partial charge is 0.355 e. The topological polar surface area (TPSA) is 24.9 Å². The lowest BCUT2D eigenvalue weighted by atomic mass is 10.3. The second-order valence-corrected chi connectivity index (χ2v) is 4.10. The third kappa shape index (κ3) is 2.73. The van der Waals surface area contributed by atoms with E-state index in [1.54, 1.807) is 17.8 Å². The van der Waals surface area contributed by atoms with Crippen molar-refractivity contribution in [3.05, 3.63) is 48.5 Å². The molecule has 0 aliphatic heterocycles. The highest BCUT2D eigenvalue weighted by atomic mass is 32.2. The number of rotatable bonds is 3. The summed E-state index contributed by atoms with van der Waals surface area (Å²) >= 11 is 1.67. The quantitative estimate of drug-likeness (QED) is 0.647. The Kier molecular flexibility index (Phi) is 3.41. The van der Waals surface area contributed by atoms with Gasteiger partial charge in [0.15, 0.2) is 0 Å². The van der Waals surface area contributed by atoms with Crippen molar-refractivity contribution in [3.63, 3.8) is 0 Å². The van der Waals surface area contributed by atoms with E-state index in [0.29, 0.717) is 5.69 Å². The van der Waals surface area contributed by atoms with E-state index in [-0.39, 0.29) is 0 Å². The zero-order chi connectivity index (χ0) is 11.4. The summed E-state index contributed by atoms with van der Waals surface area (Å²) in [5, 5.41) is 3.13. The molecular formula is C12H11FN2S. The maximum atomic E-state index is 12.9. The van der Waals surface area contributed by atoms with E-state index in [1.165, 1.54) is 17.2 Å². The summed E-state index contributed by atoms with van der Waals surface area (Å²) < 4.78 is 12.9. The zero-order valence-corrected chi connectivity index (χ0v) is 9.59. The van der Waals surface area contributed by atoms with E-state index >= 15 is 0 Å². The van der Waals surface area contributed by atoms with E-state index < -0.39 is 5.95 Å². The zero-order valence-electron chi connectivity index (χ0n) is 8.77. The van der Waals surface area contributed by atoms with Crippen molar-refractivity contribution in [2.24, 2.45) is 0 Å². The third-order valence-electron chi connectivity index (χ3n) is 2.08. The minimum absolute atomic E-state index is 0.481. The molecule has 0 saturated heterocycles. The van der Waals surface area contributed by atoms with Gasteiger partial charge >= 0.3 is 0 Å². The number of pyridine rings is 1. The summed E-state index contributed by atoms with van der Waals surface area (Å²) in [6, 6.07) is 11.1. The van der Waals surface area contributed by atoms with Crippen LogP contribution in [-0.4, -0.2) is 11.2 Å². The van der Waals surface area contributed by atoms with Gasteiger partial charge in [-0.2, -0.15) is 4.39 Å². The van der Waals surface area contributed by atoms with Gasteiger partial charge in [0.25, 0.3) is 0 Å². The van der Waals surface area contributed by atoms with Gasteiger partial charge < -0.3 is 5.32 Å². The number of hydrogen-bond acceptors (Lipinski definition) is 3. The maximum Gasteiger partial charge on any atom is 0.214 e. The molecule has 0 fully saturated rings. The van der Waals surface area contributed by atoms with Gasteiger partial charge in [-0.05, 0) is 30.5 Å². The number of aromatic nitrogens is 1. The fraction of sp³-hybridized carbons (Fsp3) is 0.0833. The van der Waals surface area contributed by atoms with Crippen LogP contribution in [0.2, 0.25) is 0 Å². The van der Waals surface area contributed by atoms with Gasteiger partial charge in [0.05, 0.1) is 0 Å². The molecule has 4 heteroatoms. The van der Waals surface area contributed by atoms with Crippen molar-refractivity contribution < 1.29 is 4.39 Å². The highest BCUT2D eigenvalue weighted by Gasteiger charge is 1.98. The average molecular weight is 234 g/mol. The first-order chi connectivity index (χ1) is 7.78. The first-order valence-corrected chi connectivity index (χ1v) is 6.03. The molecule has 16 heavy (non-hydrogen) atoms. The van der Waals surface area contributed by atoms with Gasteiger partial charge in [0.2, 0.25) is 5.95 Å². The van der Waals surface area contributed by atoms with Gasteiger partial charge in [-0.15, -0.1) is 11.8 Å². The standard InChI is InChI=1S/C12H11FN2S/c1-16-11-4-2-3-9(7-11)15-10-5-6-14-12(13)8-10/h2-8H,1H3,(H,14,15). The number of nitrogens with zero attached hydrogens (tertiary/aromatic N) is 1. The van der Waals surface area contributed by atoms with Crippen LogP contribution >= 0.6 is 11.8 Å². The van der Waals surface area contributed by atoms with E-state index in [4.69, 9.17) is 0 Å². The van der Waals surface area contributed by atoms with Crippen LogP contribution in [0.25, 0.3) is 0 Å². The molecule has 0 atom stereocenters. The third-order valence-corrected chi connectivity index (χ3v) is 2.81. The number of hydrogen-bond donors (Lipinski definition) is 1. The van der Waals surface area contributed by atoms with E-state index in [9.17, 15) is 4.39 Å². The van der Waals surface area contributed by atoms with Crippen LogP contribution in [0, 0.1) is 5.95 Å². The van der Waals surface area contributed by atoms with Crippen molar-refractivity contribution in [2.75, 3.05) is 11.6 Å². The molecule has 1 N–H and O–H groups in total. The number of nitrogens with one attached hydrogen (secondary N) is 1. The molecule has 82 valence electrons. The van der Waals surface area contributed by atoms with Crippen molar-refractivity contribution in [2.45, 2.75) is 4.90 Å². The smallest absolute Gasteiger partial charge is 0.214 e.